The third-order valence-corrected chi connectivity index (χ3v) is 4.22. The van der Waals surface area contributed by atoms with Crippen molar-refractivity contribution in [2.24, 2.45) is 0 Å². The van der Waals surface area contributed by atoms with Crippen LogP contribution in [-0.4, -0.2) is 39.6 Å². The first kappa shape index (κ1) is 17.0. The molecule has 0 saturated carbocycles. The Morgan fingerprint density at radius 1 is 1.36 bits per heavy atom. The van der Waals surface area contributed by atoms with Crippen LogP contribution >= 0.6 is 0 Å². The van der Waals surface area contributed by atoms with Crippen molar-refractivity contribution < 1.29 is 9.32 Å². The molecule has 25 heavy (non-hydrogen) atoms. The minimum absolute atomic E-state index is 0.152. The Morgan fingerprint density at radius 3 is 2.92 bits per heavy atom. The highest BCUT2D eigenvalue weighted by Gasteiger charge is 2.13. The van der Waals surface area contributed by atoms with Gasteiger partial charge in [0.1, 0.15) is 0 Å². The van der Waals surface area contributed by atoms with Crippen LogP contribution in [0.15, 0.2) is 28.8 Å². The fourth-order valence-corrected chi connectivity index (χ4v) is 2.87. The Kier molecular flexibility index (Phi) is 5.02. The van der Waals surface area contributed by atoms with Gasteiger partial charge >= 0.3 is 6.03 Å². The van der Waals surface area contributed by atoms with E-state index in [0.29, 0.717) is 31.2 Å². The minimum Gasteiger partial charge on any atom is -0.358 e. The van der Waals surface area contributed by atoms with Gasteiger partial charge in [-0.2, -0.15) is 4.98 Å². The summed E-state index contributed by atoms with van der Waals surface area (Å²) in [5, 5.41) is 8.01. The highest BCUT2D eigenvalue weighted by molar-refractivity contribution is 5.84. The topological polar surface area (TPSA) is 87.0 Å². The fraction of sp³-hybridized carbons (Fsp3) is 0.389. The number of hydrogen-bond acceptors (Lipinski definition) is 4. The number of carbonyl (C=O) groups excluding carboxylic acids is 1. The van der Waals surface area contributed by atoms with Crippen molar-refractivity contribution in [3.63, 3.8) is 0 Å². The largest absolute Gasteiger partial charge is 0.358 e. The number of aromatic nitrogens is 3. The first-order valence-electron chi connectivity index (χ1n) is 8.45. The SMILES string of the molecule is CCc1nc(CN(C)C(=O)NCCc2c(C)[nH]c3ccccc23)no1. The summed E-state index contributed by atoms with van der Waals surface area (Å²) in [5.41, 5.74) is 3.51. The molecule has 1 aromatic carbocycles. The molecule has 2 aromatic heterocycles. The number of hydrogen-bond donors (Lipinski definition) is 2. The summed E-state index contributed by atoms with van der Waals surface area (Å²) in [4.78, 5) is 21.4. The van der Waals surface area contributed by atoms with E-state index in [1.54, 1.807) is 11.9 Å². The standard InChI is InChI=1S/C18H23N5O2/c1-4-17-21-16(22-25-17)11-23(3)18(24)19-10-9-13-12(2)20-15-8-6-5-7-14(13)15/h5-8,20H,4,9-11H2,1-3H3,(H,19,24). The van der Waals surface area contributed by atoms with Gasteiger partial charge in [0.2, 0.25) is 5.89 Å². The molecule has 0 radical (unpaired) electrons. The Morgan fingerprint density at radius 2 is 2.16 bits per heavy atom. The molecular formula is C18H23N5O2. The average molecular weight is 341 g/mol. The molecule has 0 saturated heterocycles. The van der Waals surface area contributed by atoms with Crippen molar-refractivity contribution in [2.75, 3.05) is 13.6 Å². The van der Waals surface area contributed by atoms with E-state index >= 15 is 0 Å². The predicted octanol–water partition coefficient (Wildman–Crippen LogP) is 2.81. The maximum Gasteiger partial charge on any atom is 0.317 e. The molecule has 3 aromatic rings. The number of carbonyl (C=O) groups is 1. The lowest BCUT2D eigenvalue weighted by Crippen LogP contribution is -2.38. The van der Waals surface area contributed by atoms with Crippen LogP contribution in [0.4, 0.5) is 4.79 Å². The number of urea groups is 1. The summed E-state index contributed by atoms with van der Waals surface area (Å²) >= 11 is 0. The van der Waals surface area contributed by atoms with Gasteiger partial charge in [0.15, 0.2) is 5.82 Å². The lowest BCUT2D eigenvalue weighted by Gasteiger charge is -2.16. The second kappa shape index (κ2) is 7.38. The maximum absolute atomic E-state index is 12.2. The van der Waals surface area contributed by atoms with E-state index in [1.807, 2.05) is 19.1 Å². The van der Waals surface area contributed by atoms with Gasteiger partial charge < -0.3 is 19.7 Å². The quantitative estimate of drug-likeness (QED) is 0.722. The molecule has 0 bridgehead atoms. The third kappa shape index (κ3) is 3.81. The van der Waals surface area contributed by atoms with E-state index in [0.717, 1.165) is 17.6 Å². The number of nitrogens with one attached hydrogen (secondary N) is 2. The number of aryl methyl sites for hydroxylation is 2. The van der Waals surface area contributed by atoms with Gasteiger partial charge in [-0.3, -0.25) is 0 Å². The van der Waals surface area contributed by atoms with E-state index in [2.05, 4.69) is 39.5 Å². The van der Waals surface area contributed by atoms with Crippen molar-refractivity contribution in [3.05, 3.63) is 47.2 Å². The van der Waals surface area contributed by atoms with E-state index in [4.69, 9.17) is 4.52 Å². The van der Waals surface area contributed by atoms with Gasteiger partial charge in [0.05, 0.1) is 6.54 Å². The Bertz CT molecular complexity index is 867. The summed E-state index contributed by atoms with van der Waals surface area (Å²) in [7, 11) is 1.72. The first-order valence-corrected chi connectivity index (χ1v) is 8.45. The van der Waals surface area contributed by atoms with E-state index in [9.17, 15) is 4.79 Å². The second-order valence-corrected chi connectivity index (χ2v) is 6.07. The molecule has 2 heterocycles. The lowest BCUT2D eigenvalue weighted by atomic mass is 10.1. The molecule has 0 spiro atoms. The lowest BCUT2D eigenvalue weighted by molar-refractivity contribution is 0.205. The molecule has 0 aliphatic heterocycles. The van der Waals surface area contributed by atoms with Crippen LogP contribution in [0, 0.1) is 6.92 Å². The molecule has 0 fully saturated rings. The third-order valence-electron chi connectivity index (χ3n) is 4.22. The van der Waals surface area contributed by atoms with Crippen molar-refractivity contribution >= 4 is 16.9 Å². The van der Waals surface area contributed by atoms with Crippen LogP contribution in [0.5, 0.6) is 0 Å². The van der Waals surface area contributed by atoms with Gasteiger partial charge in [-0.1, -0.05) is 30.3 Å². The van der Waals surface area contributed by atoms with E-state index < -0.39 is 0 Å². The number of fused-ring (bicyclic) bond motifs is 1. The monoisotopic (exact) mass is 341 g/mol. The van der Waals surface area contributed by atoms with Crippen LogP contribution in [0.1, 0.15) is 29.9 Å². The van der Waals surface area contributed by atoms with Gasteiger partial charge in [-0.15, -0.1) is 0 Å². The van der Waals surface area contributed by atoms with E-state index in [1.165, 1.54) is 10.9 Å². The molecule has 0 unspecified atom stereocenters. The van der Waals surface area contributed by atoms with Crippen LogP contribution in [0.3, 0.4) is 0 Å². The van der Waals surface area contributed by atoms with Crippen LogP contribution in [-0.2, 0) is 19.4 Å². The zero-order valence-electron chi connectivity index (χ0n) is 14.8. The molecule has 2 N–H and O–H groups in total. The fourth-order valence-electron chi connectivity index (χ4n) is 2.87. The highest BCUT2D eigenvalue weighted by Crippen LogP contribution is 2.21. The van der Waals surface area contributed by atoms with Gasteiger partial charge in [0.25, 0.3) is 0 Å². The molecule has 0 atom stereocenters. The summed E-state index contributed by atoms with van der Waals surface area (Å²) in [6.07, 6.45) is 1.46. The van der Waals surface area contributed by atoms with Crippen LogP contribution in [0.2, 0.25) is 0 Å². The highest BCUT2D eigenvalue weighted by atomic mass is 16.5. The van der Waals surface area contributed by atoms with Gasteiger partial charge in [-0.05, 0) is 25.0 Å². The minimum atomic E-state index is -0.152. The number of benzene rings is 1. The Balaban J connectivity index is 1.54. The normalized spacial score (nSPS) is 11.0. The molecule has 7 nitrogen and oxygen atoms in total. The number of rotatable bonds is 6. The van der Waals surface area contributed by atoms with E-state index in [-0.39, 0.29) is 6.03 Å². The molecule has 132 valence electrons. The van der Waals surface area contributed by atoms with Crippen molar-refractivity contribution in [1.82, 2.24) is 25.3 Å². The van der Waals surface area contributed by atoms with Gasteiger partial charge in [-0.25, -0.2) is 4.79 Å². The summed E-state index contributed by atoms with van der Waals surface area (Å²) in [6.45, 7) is 4.89. The zero-order chi connectivity index (χ0) is 17.8. The van der Waals surface area contributed by atoms with Crippen LogP contribution < -0.4 is 5.32 Å². The molecule has 0 aliphatic rings. The van der Waals surface area contributed by atoms with Crippen molar-refractivity contribution in [3.8, 4) is 0 Å². The predicted molar refractivity (Wildman–Crippen MR) is 95.3 cm³/mol. The first-order chi connectivity index (χ1) is 12.1. The second-order valence-electron chi connectivity index (χ2n) is 6.07. The average Bonchev–Trinajstić information content (AvgIpc) is 3.19. The summed E-state index contributed by atoms with van der Waals surface area (Å²) < 4.78 is 5.06. The Hall–Kier alpha value is -2.83. The van der Waals surface area contributed by atoms with Crippen molar-refractivity contribution in [2.45, 2.75) is 33.2 Å². The smallest absolute Gasteiger partial charge is 0.317 e. The number of aromatic amines is 1. The molecule has 0 aliphatic carbocycles. The molecule has 2 amide bonds. The zero-order valence-corrected chi connectivity index (χ0v) is 14.8. The summed E-state index contributed by atoms with van der Waals surface area (Å²) in [6, 6.07) is 8.05. The van der Waals surface area contributed by atoms with Crippen molar-refractivity contribution in [1.29, 1.82) is 0 Å². The molecule has 3 rings (SSSR count). The molecule has 7 heteroatoms. The molecular weight excluding hydrogens is 318 g/mol. The van der Waals surface area contributed by atoms with Crippen LogP contribution in [0.25, 0.3) is 10.9 Å². The Labute approximate surface area is 146 Å². The number of nitrogens with zero attached hydrogens (tertiary/aromatic N) is 3. The van der Waals surface area contributed by atoms with Gasteiger partial charge in [0, 0.05) is 36.6 Å². The summed E-state index contributed by atoms with van der Waals surface area (Å²) in [5.74, 6) is 1.10. The number of para-hydroxylation sites is 1. The number of amides is 2. The maximum atomic E-state index is 12.2. The number of H-pyrrole nitrogens is 1.